The molecular weight excluding hydrogens is 489 g/mol. The van der Waals surface area contributed by atoms with Gasteiger partial charge >= 0.3 is 0 Å². The first kappa shape index (κ1) is 25.4. The fourth-order valence-corrected chi connectivity index (χ4v) is 4.38. The van der Waals surface area contributed by atoms with Crippen molar-refractivity contribution in [1.29, 1.82) is 0 Å². The molecule has 2 fully saturated rings. The molecule has 30 heavy (non-hydrogen) atoms. The molecule has 0 spiro atoms. The number of rotatable bonds is 6. The normalized spacial score (nSPS) is 20.1. The molecule has 0 unspecified atom stereocenters. The van der Waals surface area contributed by atoms with Crippen molar-refractivity contribution in [2.75, 3.05) is 26.2 Å². The van der Waals surface area contributed by atoms with Crippen LogP contribution in [0.1, 0.15) is 84.3 Å². The third-order valence-electron chi connectivity index (χ3n) is 6.18. The van der Waals surface area contributed by atoms with E-state index < -0.39 is 0 Å². The maximum atomic E-state index is 5.87. The van der Waals surface area contributed by atoms with Crippen LogP contribution in [0.5, 0.6) is 0 Å². The quantitative estimate of drug-likeness (QED) is 0.317. The van der Waals surface area contributed by atoms with Crippen molar-refractivity contribution in [3.63, 3.8) is 0 Å². The van der Waals surface area contributed by atoms with Gasteiger partial charge in [-0.1, -0.05) is 40.0 Å². The first-order chi connectivity index (χ1) is 13.9. The van der Waals surface area contributed by atoms with E-state index in [0.29, 0.717) is 18.5 Å². The molecule has 2 heterocycles. The van der Waals surface area contributed by atoms with Gasteiger partial charge in [0.25, 0.3) is 0 Å². The van der Waals surface area contributed by atoms with E-state index >= 15 is 0 Å². The Morgan fingerprint density at radius 2 is 1.87 bits per heavy atom. The SMILES string of the molecule is CCNC(=NCc1ncc(C(C)(C)C)o1)NC1CCN(CC2CCCCC2)CC1.I. The van der Waals surface area contributed by atoms with Gasteiger partial charge in [0.05, 0.1) is 6.20 Å². The number of aromatic nitrogens is 1. The minimum absolute atomic E-state index is 0. The second-order valence-electron chi connectivity index (χ2n) is 9.79. The molecule has 0 radical (unpaired) electrons. The summed E-state index contributed by atoms with van der Waals surface area (Å²) in [5, 5.41) is 7.00. The fourth-order valence-electron chi connectivity index (χ4n) is 4.38. The predicted octanol–water partition coefficient (Wildman–Crippen LogP) is 4.69. The van der Waals surface area contributed by atoms with Gasteiger partial charge in [0.15, 0.2) is 5.96 Å². The number of nitrogens with zero attached hydrogens (tertiary/aromatic N) is 3. The Morgan fingerprint density at radius 3 is 2.47 bits per heavy atom. The van der Waals surface area contributed by atoms with Gasteiger partial charge in [0.1, 0.15) is 12.3 Å². The van der Waals surface area contributed by atoms with Gasteiger partial charge in [-0.25, -0.2) is 9.98 Å². The molecule has 0 amide bonds. The summed E-state index contributed by atoms with van der Waals surface area (Å²) in [6.45, 7) is 13.5. The lowest BCUT2D eigenvalue weighted by atomic mass is 9.88. The summed E-state index contributed by atoms with van der Waals surface area (Å²) in [4.78, 5) is 11.8. The van der Waals surface area contributed by atoms with Crippen molar-refractivity contribution in [3.8, 4) is 0 Å². The zero-order valence-corrected chi connectivity index (χ0v) is 21.7. The molecule has 0 atom stereocenters. The number of aliphatic imine (C=N–C) groups is 1. The van der Waals surface area contributed by atoms with Crippen molar-refractivity contribution >= 4 is 29.9 Å². The number of halogens is 1. The highest BCUT2D eigenvalue weighted by Crippen LogP contribution is 2.25. The molecule has 1 aromatic rings. The van der Waals surface area contributed by atoms with Gasteiger partial charge in [0, 0.05) is 37.6 Å². The minimum Gasteiger partial charge on any atom is -0.443 e. The summed E-state index contributed by atoms with van der Waals surface area (Å²) >= 11 is 0. The highest BCUT2D eigenvalue weighted by molar-refractivity contribution is 14.0. The van der Waals surface area contributed by atoms with Gasteiger partial charge in [-0.3, -0.25) is 0 Å². The first-order valence-electron chi connectivity index (χ1n) is 11.7. The molecule has 1 aliphatic carbocycles. The Kier molecular flexibility index (Phi) is 10.4. The number of hydrogen-bond donors (Lipinski definition) is 2. The molecule has 0 aromatic carbocycles. The van der Waals surface area contributed by atoms with Crippen LogP contribution in [0.2, 0.25) is 0 Å². The predicted molar refractivity (Wildman–Crippen MR) is 135 cm³/mol. The molecule has 6 nitrogen and oxygen atoms in total. The monoisotopic (exact) mass is 531 g/mol. The van der Waals surface area contributed by atoms with Gasteiger partial charge in [0.2, 0.25) is 5.89 Å². The van der Waals surface area contributed by atoms with Gasteiger partial charge in [-0.05, 0) is 38.5 Å². The highest BCUT2D eigenvalue weighted by atomic mass is 127. The van der Waals surface area contributed by atoms with Crippen LogP contribution in [0.3, 0.4) is 0 Å². The summed E-state index contributed by atoms with van der Waals surface area (Å²) < 4.78 is 5.87. The summed E-state index contributed by atoms with van der Waals surface area (Å²) in [5.41, 5.74) is -0.0245. The Labute approximate surface area is 200 Å². The molecule has 7 heteroatoms. The van der Waals surface area contributed by atoms with E-state index in [1.54, 1.807) is 0 Å². The Morgan fingerprint density at radius 1 is 1.17 bits per heavy atom. The number of hydrogen-bond acceptors (Lipinski definition) is 4. The Bertz CT molecular complexity index is 640. The zero-order valence-electron chi connectivity index (χ0n) is 19.4. The van der Waals surface area contributed by atoms with E-state index in [1.165, 1.54) is 64.6 Å². The van der Waals surface area contributed by atoms with Crippen LogP contribution >= 0.6 is 24.0 Å². The second-order valence-corrected chi connectivity index (χ2v) is 9.79. The molecule has 1 saturated heterocycles. The summed E-state index contributed by atoms with van der Waals surface area (Å²) in [6.07, 6.45) is 11.4. The Balaban J connectivity index is 0.00000320. The van der Waals surface area contributed by atoms with Crippen LogP contribution in [0, 0.1) is 5.92 Å². The maximum absolute atomic E-state index is 5.87. The molecule has 2 aliphatic rings. The van der Waals surface area contributed by atoms with Crippen LogP contribution in [0.15, 0.2) is 15.6 Å². The largest absolute Gasteiger partial charge is 0.443 e. The fraction of sp³-hybridized carbons (Fsp3) is 0.826. The molecule has 1 saturated carbocycles. The molecule has 1 aliphatic heterocycles. The third kappa shape index (κ3) is 8.02. The van der Waals surface area contributed by atoms with Crippen molar-refractivity contribution in [3.05, 3.63) is 17.8 Å². The lowest BCUT2D eigenvalue weighted by molar-refractivity contribution is 0.160. The summed E-state index contributed by atoms with van der Waals surface area (Å²) in [6, 6.07) is 0.491. The van der Waals surface area contributed by atoms with E-state index in [9.17, 15) is 0 Å². The van der Waals surface area contributed by atoms with Crippen molar-refractivity contribution < 1.29 is 4.42 Å². The standard InChI is InChI=1S/C23H41N5O.HI/c1-5-24-22(26-16-21-25-15-20(29-21)23(2,3)4)27-19-11-13-28(14-12-19)17-18-9-7-6-8-10-18;/h15,18-19H,5-14,16-17H2,1-4H3,(H2,24,26,27);1H. The van der Waals surface area contributed by atoms with Crippen LogP contribution < -0.4 is 10.6 Å². The topological polar surface area (TPSA) is 65.7 Å². The number of nitrogens with one attached hydrogen (secondary N) is 2. The maximum Gasteiger partial charge on any atom is 0.216 e. The number of likely N-dealkylation sites (tertiary alicyclic amines) is 1. The zero-order chi connectivity index (χ0) is 20.7. The van der Waals surface area contributed by atoms with Crippen LogP contribution in [0.4, 0.5) is 0 Å². The minimum atomic E-state index is -0.0245. The van der Waals surface area contributed by atoms with Gasteiger partial charge < -0.3 is 20.0 Å². The van der Waals surface area contributed by atoms with E-state index in [0.717, 1.165) is 24.2 Å². The van der Waals surface area contributed by atoms with Gasteiger partial charge in [-0.2, -0.15) is 0 Å². The smallest absolute Gasteiger partial charge is 0.216 e. The van der Waals surface area contributed by atoms with Crippen molar-refractivity contribution in [2.24, 2.45) is 10.9 Å². The first-order valence-corrected chi connectivity index (χ1v) is 11.7. The summed E-state index contributed by atoms with van der Waals surface area (Å²) in [7, 11) is 0. The highest BCUT2D eigenvalue weighted by Gasteiger charge is 2.23. The van der Waals surface area contributed by atoms with Gasteiger partial charge in [-0.15, -0.1) is 24.0 Å². The third-order valence-corrected chi connectivity index (χ3v) is 6.18. The van der Waals surface area contributed by atoms with E-state index in [2.05, 4.69) is 48.2 Å². The number of oxazole rings is 1. The van der Waals surface area contributed by atoms with Crippen LogP contribution in [-0.2, 0) is 12.0 Å². The van der Waals surface area contributed by atoms with Crippen LogP contribution in [0.25, 0.3) is 0 Å². The second kappa shape index (κ2) is 12.3. The number of piperidine rings is 1. The van der Waals surface area contributed by atoms with Crippen LogP contribution in [-0.4, -0.2) is 48.1 Å². The van der Waals surface area contributed by atoms with Crippen molar-refractivity contribution in [1.82, 2.24) is 20.5 Å². The van der Waals surface area contributed by atoms with E-state index in [4.69, 9.17) is 9.41 Å². The molecule has 3 rings (SSSR count). The molecule has 2 N–H and O–H groups in total. The molecule has 0 bridgehead atoms. The molecular formula is C23H42IN5O. The lowest BCUT2D eigenvalue weighted by Gasteiger charge is -2.36. The Hall–Kier alpha value is -0.830. The summed E-state index contributed by atoms with van der Waals surface area (Å²) in [5.74, 6) is 3.39. The average molecular weight is 532 g/mol. The lowest BCUT2D eigenvalue weighted by Crippen LogP contribution is -2.49. The van der Waals surface area contributed by atoms with Crippen molar-refractivity contribution in [2.45, 2.75) is 90.6 Å². The van der Waals surface area contributed by atoms with E-state index in [-0.39, 0.29) is 29.4 Å². The average Bonchev–Trinajstić information content (AvgIpc) is 3.18. The van der Waals surface area contributed by atoms with E-state index in [1.807, 2.05) is 6.20 Å². The molecule has 1 aromatic heterocycles. The number of guanidine groups is 1. The molecule has 172 valence electrons.